The van der Waals surface area contributed by atoms with E-state index < -0.39 is 4.92 Å². The smallest absolute Gasteiger partial charge is 0.270 e. The minimum atomic E-state index is -0.487. The van der Waals surface area contributed by atoms with Gasteiger partial charge >= 0.3 is 0 Å². The molecule has 0 unspecified atom stereocenters. The van der Waals surface area contributed by atoms with Crippen LogP contribution in [0.4, 0.5) is 5.69 Å². The molecule has 0 spiro atoms. The first kappa shape index (κ1) is 10.9. The lowest BCUT2D eigenvalue weighted by atomic mass is 10.2. The highest BCUT2D eigenvalue weighted by atomic mass is 35.5. The fraction of sp³-hybridized carbons (Fsp3) is 0.250. The third kappa shape index (κ3) is 2.66. The van der Waals surface area contributed by atoms with Crippen molar-refractivity contribution in [1.82, 2.24) is 5.48 Å². The fourth-order valence-electron chi connectivity index (χ4n) is 0.943. The maximum absolute atomic E-state index is 10.4. The topological polar surface area (TPSA) is 64.4 Å². The second kappa shape index (κ2) is 4.90. The zero-order chi connectivity index (χ0) is 10.6. The van der Waals surface area contributed by atoms with Crippen molar-refractivity contribution in [3.8, 4) is 0 Å². The second-order valence-corrected chi connectivity index (χ2v) is 2.97. The molecule has 1 aromatic rings. The zero-order valence-corrected chi connectivity index (χ0v) is 8.25. The first-order valence-electron chi connectivity index (χ1n) is 3.84. The molecule has 0 fully saturated rings. The van der Waals surface area contributed by atoms with Gasteiger partial charge in [0.2, 0.25) is 0 Å². The van der Waals surface area contributed by atoms with Crippen LogP contribution in [0.25, 0.3) is 0 Å². The van der Waals surface area contributed by atoms with Crippen molar-refractivity contribution >= 4 is 17.3 Å². The molecule has 5 nitrogen and oxygen atoms in total. The minimum Gasteiger partial charge on any atom is -0.305 e. The van der Waals surface area contributed by atoms with Gasteiger partial charge in [0.1, 0.15) is 0 Å². The number of hydrogen-bond acceptors (Lipinski definition) is 4. The number of nitro groups is 1. The zero-order valence-electron chi connectivity index (χ0n) is 7.49. The Hall–Kier alpha value is -1.17. The molecule has 0 atom stereocenters. The van der Waals surface area contributed by atoms with Crippen molar-refractivity contribution in [2.24, 2.45) is 0 Å². The average Bonchev–Trinajstić information content (AvgIpc) is 2.15. The number of nitrogens with zero attached hydrogens (tertiary/aromatic N) is 1. The molecule has 1 N–H and O–H groups in total. The van der Waals surface area contributed by atoms with Crippen LogP contribution in [-0.4, -0.2) is 12.0 Å². The Bertz CT molecular complexity index is 343. The van der Waals surface area contributed by atoms with Crippen molar-refractivity contribution < 1.29 is 9.76 Å². The lowest BCUT2D eigenvalue weighted by Crippen LogP contribution is -2.11. The Morgan fingerprint density at radius 2 is 2.36 bits per heavy atom. The van der Waals surface area contributed by atoms with Gasteiger partial charge < -0.3 is 4.84 Å². The van der Waals surface area contributed by atoms with Gasteiger partial charge in [0, 0.05) is 18.7 Å². The number of hydroxylamine groups is 1. The molecule has 0 aliphatic rings. The van der Waals surface area contributed by atoms with Crippen LogP contribution in [0.1, 0.15) is 5.56 Å². The van der Waals surface area contributed by atoms with Gasteiger partial charge in [-0.1, -0.05) is 11.6 Å². The maximum Gasteiger partial charge on any atom is 0.270 e. The molecule has 0 bridgehead atoms. The molecule has 0 radical (unpaired) electrons. The molecule has 6 heteroatoms. The monoisotopic (exact) mass is 216 g/mol. The summed E-state index contributed by atoms with van der Waals surface area (Å²) in [4.78, 5) is 14.5. The summed E-state index contributed by atoms with van der Waals surface area (Å²) >= 11 is 5.81. The van der Waals surface area contributed by atoms with Gasteiger partial charge in [-0.2, -0.15) is 5.48 Å². The third-order valence-corrected chi connectivity index (χ3v) is 2.01. The van der Waals surface area contributed by atoms with Crippen molar-refractivity contribution in [1.29, 1.82) is 0 Å². The summed E-state index contributed by atoms with van der Waals surface area (Å²) < 4.78 is 0. The Balaban J connectivity index is 2.84. The molecular formula is C8H9ClN2O3. The molecule has 0 saturated heterocycles. The third-order valence-electron chi connectivity index (χ3n) is 1.65. The van der Waals surface area contributed by atoms with Gasteiger partial charge in [-0.15, -0.1) is 0 Å². The SMILES string of the molecule is CONCc1ccc([N+](=O)[O-])cc1Cl. The molecule has 1 aromatic carbocycles. The van der Waals surface area contributed by atoms with Crippen LogP contribution in [0.15, 0.2) is 18.2 Å². The van der Waals surface area contributed by atoms with E-state index in [4.69, 9.17) is 11.6 Å². The van der Waals surface area contributed by atoms with E-state index in [2.05, 4.69) is 10.3 Å². The van der Waals surface area contributed by atoms with Crippen LogP contribution in [0.3, 0.4) is 0 Å². The van der Waals surface area contributed by atoms with E-state index in [0.717, 1.165) is 5.56 Å². The van der Waals surface area contributed by atoms with Gasteiger partial charge in [0.15, 0.2) is 0 Å². The van der Waals surface area contributed by atoms with E-state index in [1.807, 2.05) is 0 Å². The summed E-state index contributed by atoms with van der Waals surface area (Å²) in [5.41, 5.74) is 3.33. The van der Waals surface area contributed by atoms with E-state index in [9.17, 15) is 10.1 Å². The highest BCUT2D eigenvalue weighted by Gasteiger charge is 2.08. The van der Waals surface area contributed by atoms with E-state index in [-0.39, 0.29) is 5.69 Å². The summed E-state index contributed by atoms with van der Waals surface area (Å²) in [5, 5.41) is 10.7. The molecule has 0 aliphatic carbocycles. The molecule has 76 valence electrons. The largest absolute Gasteiger partial charge is 0.305 e. The Morgan fingerprint density at radius 1 is 1.64 bits per heavy atom. The average molecular weight is 217 g/mol. The molecule has 0 heterocycles. The van der Waals surface area contributed by atoms with Gasteiger partial charge in [-0.05, 0) is 11.6 Å². The summed E-state index contributed by atoms with van der Waals surface area (Å²) in [6.45, 7) is 0.410. The number of halogens is 1. The van der Waals surface area contributed by atoms with E-state index >= 15 is 0 Å². The number of non-ortho nitro benzene ring substituents is 1. The van der Waals surface area contributed by atoms with Crippen LogP contribution in [0.5, 0.6) is 0 Å². The Kier molecular flexibility index (Phi) is 3.82. The maximum atomic E-state index is 10.4. The normalized spacial score (nSPS) is 10.1. The highest BCUT2D eigenvalue weighted by molar-refractivity contribution is 6.31. The quantitative estimate of drug-likeness (QED) is 0.617. The summed E-state index contributed by atoms with van der Waals surface area (Å²) in [5.74, 6) is 0. The first-order valence-corrected chi connectivity index (χ1v) is 4.21. The predicted molar refractivity (Wildman–Crippen MR) is 52.0 cm³/mol. The van der Waals surface area contributed by atoms with Crippen LogP contribution >= 0.6 is 11.6 Å². The van der Waals surface area contributed by atoms with Gasteiger partial charge in [0.25, 0.3) is 5.69 Å². The van der Waals surface area contributed by atoms with Gasteiger partial charge in [-0.3, -0.25) is 10.1 Å². The molecule has 1 rings (SSSR count). The van der Waals surface area contributed by atoms with Crippen LogP contribution in [-0.2, 0) is 11.4 Å². The number of nitro benzene ring substituents is 1. The number of nitrogens with one attached hydrogen (secondary N) is 1. The second-order valence-electron chi connectivity index (χ2n) is 2.56. The van der Waals surface area contributed by atoms with E-state index in [0.29, 0.717) is 11.6 Å². The molecule has 0 amide bonds. The summed E-state index contributed by atoms with van der Waals surface area (Å²) in [6, 6.07) is 4.30. The van der Waals surface area contributed by atoms with Gasteiger partial charge in [0.05, 0.1) is 17.1 Å². The number of benzene rings is 1. The van der Waals surface area contributed by atoms with Crippen molar-refractivity contribution in [3.63, 3.8) is 0 Å². The van der Waals surface area contributed by atoms with Crippen LogP contribution in [0.2, 0.25) is 5.02 Å². The highest BCUT2D eigenvalue weighted by Crippen LogP contribution is 2.22. The minimum absolute atomic E-state index is 0.0174. The van der Waals surface area contributed by atoms with Crippen molar-refractivity contribution in [2.75, 3.05) is 7.11 Å². The molecule has 0 saturated carbocycles. The van der Waals surface area contributed by atoms with E-state index in [1.165, 1.54) is 19.2 Å². The van der Waals surface area contributed by atoms with Crippen LogP contribution in [0, 0.1) is 10.1 Å². The number of rotatable bonds is 4. The van der Waals surface area contributed by atoms with Crippen molar-refractivity contribution in [3.05, 3.63) is 38.9 Å². The lowest BCUT2D eigenvalue weighted by Gasteiger charge is -2.03. The number of hydrogen-bond donors (Lipinski definition) is 1. The molecule has 0 aromatic heterocycles. The molecule has 14 heavy (non-hydrogen) atoms. The molecule has 0 aliphatic heterocycles. The first-order chi connectivity index (χ1) is 6.65. The van der Waals surface area contributed by atoms with Crippen molar-refractivity contribution in [2.45, 2.75) is 6.54 Å². The Labute approximate surface area is 85.7 Å². The summed E-state index contributed by atoms with van der Waals surface area (Å²) in [7, 11) is 1.49. The fourth-order valence-corrected chi connectivity index (χ4v) is 1.18. The molecular weight excluding hydrogens is 208 g/mol. The van der Waals surface area contributed by atoms with Gasteiger partial charge in [-0.25, -0.2) is 0 Å². The Morgan fingerprint density at radius 3 is 2.86 bits per heavy atom. The standard InChI is InChI=1S/C8H9ClN2O3/c1-14-10-5-6-2-3-7(11(12)13)4-8(6)9/h2-4,10H,5H2,1H3. The summed E-state index contributed by atoms with van der Waals surface area (Å²) in [6.07, 6.45) is 0. The van der Waals surface area contributed by atoms with E-state index in [1.54, 1.807) is 6.07 Å². The lowest BCUT2D eigenvalue weighted by molar-refractivity contribution is -0.384. The van der Waals surface area contributed by atoms with Crippen LogP contribution < -0.4 is 5.48 Å². The predicted octanol–water partition coefficient (Wildman–Crippen LogP) is 1.90.